The van der Waals surface area contributed by atoms with Crippen molar-refractivity contribution in [3.63, 3.8) is 0 Å². The molecule has 0 spiro atoms. The lowest BCUT2D eigenvalue weighted by atomic mass is 9.98. The van der Waals surface area contributed by atoms with Crippen LogP contribution in [-0.4, -0.2) is 22.3 Å². The molecular weight excluding hydrogens is 264 g/mol. The van der Waals surface area contributed by atoms with Crippen LogP contribution in [0.5, 0.6) is 0 Å². The van der Waals surface area contributed by atoms with Crippen LogP contribution >= 0.6 is 0 Å². The van der Waals surface area contributed by atoms with Crippen molar-refractivity contribution in [1.82, 2.24) is 0 Å². The summed E-state index contributed by atoms with van der Waals surface area (Å²) in [6.45, 7) is 4.14. The number of rotatable bonds is 15. The molecule has 0 saturated carbocycles. The average Bonchev–Trinajstić information content (AvgIpc) is 2.45. The minimum Gasteiger partial charge on any atom is -0.481 e. The van der Waals surface area contributed by atoms with Crippen LogP contribution in [0.4, 0.5) is 0 Å². The summed E-state index contributed by atoms with van der Waals surface area (Å²) in [5.41, 5.74) is 0. The molecule has 0 bridgehead atoms. The first-order valence-electron chi connectivity index (χ1n) is 9.02. The van der Waals surface area contributed by atoms with E-state index in [1.165, 1.54) is 32.1 Å². The highest BCUT2D eigenvalue weighted by Crippen LogP contribution is 2.16. The molecule has 0 aliphatic heterocycles. The van der Waals surface area contributed by atoms with Crippen LogP contribution in [0.1, 0.15) is 97.3 Å². The van der Waals surface area contributed by atoms with E-state index in [4.69, 9.17) is 5.11 Å². The Morgan fingerprint density at radius 1 is 0.810 bits per heavy atom. The van der Waals surface area contributed by atoms with E-state index < -0.39 is 5.97 Å². The summed E-state index contributed by atoms with van der Waals surface area (Å²) in [7, 11) is 0. The molecule has 21 heavy (non-hydrogen) atoms. The maximum atomic E-state index is 10.9. The molecule has 2 N–H and O–H groups in total. The molecule has 0 heterocycles. The number of aliphatic hydroxyl groups is 1. The van der Waals surface area contributed by atoms with Gasteiger partial charge in [0.05, 0.1) is 12.0 Å². The van der Waals surface area contributed by atoms with Crippen molar-refractivity contribution in [2.24, 2.45) is 5.92 Å². The highest BCUT2D eigenvalue weighted by Gasteiger charge is 2.13. The summed E-state index contributed by atoms with van der Waals surface area (Å²) in [6, 6.07) is 0. The number of aliphatic carboxylic acids is 1. The molecule has 0 saturated heterocycles. The first kappa shape index (κ1) is 20.4. The minimum atomic E-state index is -0.644. The fourth-order valence-corrected chi connectivity index (χ4v) is 2.75. The summed E-state index contributed by atoms with van der Waals surface area (Å²) in [4.78, 5) is 10.9. The highest BCUT2D eigenvalue weighted by molar-refractivity contribution is 5.69. The van der Waals surface area contributed by atoms with Crippen molar-refractivity contribution >= 4 is 5.97 Å². The van der Waals surface area contributed by atoms with Crippen LogP contribution < -0.4 is 0 Å². The normalized spacial score (nSPS) is 14.0. The van der Waals surface area contributed by atoms with E-state index in [9.17, 15) is 9.90 Å². The van der Waals surface area contributed by atoms with Crippen LogP contribution in [0, 0.1) is 5.92 Å². The zero-order valence-corrected chi connectivity index (χ0v) is 14.1. The quantitative estimate of drug-likeness (QED) is 0.411. The molecule has 3 heteroatoms. The molecular formula is C18H36O3. The largest absolute Gasteiger partial charge is 0.481 e. The van der Waals surface area contributed by atoms with Gasteiger partial charge in [-0.1, -0.05) is 71.6 Å². The van der Waals surface area contributed by atoms with E-state index in [0.717, 1.165) is 51.4 Å². The van der Waals surface area contributed by atoms with E-state index in [-0.39, 0.29) is 12.0 Å². The van der Waals surface area contributed by atoms with Crippen molar-refractivity contribution < 1.29 is 15.0 Å². The summed E-state index contributed by atoms with van der Waals surface area (Å²) in [5.74, 6) is -0.794. The summed E-state index contributed by atoms with van der Waals surface area (Å²) in [6.07, 6.45) is 13.9. The Balaban J connectivity index is 3.30. The lowest BCUT2D eigenvalue weighted by Crippen LogP contribution is -2.12. The van der Waals surface area contributed by atoms with Gasteiger partial charge in [-0.15, -0.1) is 0 Å². The van der Waals surface area contributed by atoms with Gasteiger partial charge in [-0.25, -0.2) is 0 Å². The van der Waals surface area contributed by atoms with Crippen LogP contribution in [0.2, 0.25) is 0 Å². The Bertz CT molecular complexity index is 241. The molecule has 2 atom stereocenters. The van der Waals surface area contributed by atoms with E-state index in [1.807, 2.05) is 6.92 Å². The van der Waals surface area contributed by atoms with E-state index in [1.54, 1.807) is 0 Å². The smallest absolute Gasteiger partial charge is 0.306 e. The second kappa shape index (κ2) is 14.4. The zero-order valence-electron chi connectivity index (χ0n) is 14.1. The molecule has 0 aromatic rings. The predicted octanol–water partition coefficient (Wildman–Crippen LogP) is 5.16. The van der Waals surface area contributed by atoms with Gasteiger partial charge < -0.3 is 10.2 Å². The monoisotopic (exact) mass is 300 g/mol. The van der Waals surface area contributed by atoms with Gasteiger partial charge in [-0.05, 0) is 25.7 Å². The van der Waals surface area contributed by atoms with Gasteiger partial charge in [0.15, 0.2) is 0 Å². The summed E-state index contributed by atoms with van der Waals surface area (Å²) in [5, 5.41) is 18.8. The van der Waals surface area contributed by atoms with Crippen LogP contribution in [0.25, 0.3) is 0 Å². The number of carboxylic acids is 1. The van der Waals surface area contributed by atoms with Crippen molar-refractivity contribution in [3.8, 4) is 0 Å². The molecule has 0 radical (unpaired) electrons. The average molecular weight is 300 g/mol. The Morgan fingerprint density at radius 2 is 1.29 bits per heavy atom. The molecule has 3 nitrogen and oxygen atoms in total. The van der Waals surface area contributed by atoms with Crippen molar-refractivity contribution in [3.05, 3.63) is 0 Å². The number of aliphatic hydroxyl groups excluding tert-OH is 1. The van der Waals surface area contributed by atoms with Gasteiger partial charge in [0, 0.05) is 0 Å². The van der Waals surface area contributed by atoms with Gasteiger partial charge in [0.1, 0.15) is 0 Å². The van der Waals surface area contributed by atoms with Crippen LogP contribution in [0.3, 0.4) is 0 Å². The van der Waals surface area contributed by atoms with Gasteiger partial charge in [0.2, 0.25) is 0 Å². The van der Waals surface area contributed by atoms with Gasteiger partial charge in [0.25, 0.3) is 0 Å². The third-order valence-corrected chi connectivity index (χ3v) is 4.32. The van der Waals surface area contributed by atoms with Crippen molar-refractivity contribution in [2.45, 2.75) is 103 Å². The Kier molecular flexibility index (Phi) is 14.0. The molecule has 0 aromatic heterocycles. The van der Waals surface area contributed by atoms with Gasteiger partial charge >= 0.3 is 5.97 Å². The zero-order chi connectivity index (χ0) is 15.9. The minimum absolute atomic E-state index is 0.0996. The Morgan fingerprint density at radius 3 is 1.76 bits per heavy atom. The molecule has 2 unspecified atom stereocenters. The van der Waals surface area contributed by atoms with Crippen LogP contribution in [-0.2, 0) is 4.79 Å². The third kappa shape index (κ3) is 12.9. The van der Waals surface area contributed by atoms with E-state index >= 15 is 0 Å². The van der Waals surface area contributed by atoms with E-state index in [2.05, 4.69) is 6.92 Å². The number of carbonyl (C=O) groups is 1. The maximum absolute atomic E-state index is 10.9. The first-order chi connectivity index (χ1) is 10.1. The number of hydrogen-bond donors (Lipinski definition) is 2. The predicted molar refractivity (Wildman–Crippen MR) is 88.5 cm³/mol. The number of unbranched alkanes of at least 4 members (excludes halogenated alkanes) is 7. The lowest BCUT2D eigenvalue weighted by Gasteiger charge is -2.10. The van der Waals surface area contributed by atoms with Crippen molar-refractivity contribution in [1.29, 1.82) is 0 Å². The lowest BCUT2D eigenvalue weighted by molar-refractivity contribution is -0.142. The molecule has 0 aliphatic rings. The topological polar surface area (TPSA) is 57.5 Å². The number of carboxylic acid groups (broad SMARTS) is 1. The second-order valence-electron chi connectivity index (χ2n) is 6.29. The Hall–Kier alpha value is -0.570. The fourth-order valence-electron chi connectivity index (χ4n) is 2.75. The number of hydrogen-bond acceptors (Lipinski definition) is 2. The molecule has 0 fully saturated rings. The SMILES string of the molecule is CCCCCC(O)CCCCCCCCC(CC)C(=O)O. The fraction of sp³-hybridized carbons (Fsp3) is 0.944. The van der Waals surface area contributed by atoms with Crippen molar-refractivity contribution in [2.75, 3.05) is 0 Å². The van der Waals surface area contributed by atoms with Gasteiger partial charge in [-0.3, -0.25) is 4.79 Å². The molecule has 0 rings (SSSR count). The van der Waals surface area contributed by atoms with Crippen LogP contribution in [0.15, 0.2) is 0 Å². The van der Waals surface area contributed by atoms with Gasteiger partial charge in [-0.2, -0.15) is 0 Å². The van der Waals surface area contributed by atoms with E-state index in [0.29, 0.717) is 0 Å². The second-order valence-corrected chi connectivity index (χ2v) is 6.29. The summed E-state index contributed by atoms with van der Waals surface area (Å²) < 4.78 is 0. The maximum Gasteiger partial charge on any atom is 0.306 e. The molecule has 126 valence electrons. The molecule has 0 amide bonds. The first-order valence-corrected chi connectivity index (χ1v) is 9.02. The molecule has 0 aromatic carbocycles. The molecule has 0 aliphatic carbocycles. The standard InChI is InChI=1S/C18H36O3/c1-3-5-10-14-17(19)15-12-9-7-6-8-11-13-16(4-2)18(20)21/h16-17,19H,3-15H2,1-2H3,(H,20,21). The Labute approximate surface area is 131 Å². The summed E-state index contributed by atoms with van der Waals surface area (Å²) >= 11 is 0. The third-order valence-electron chi connectivity index (χ3n) is 4.32. The highest BCUT2D eigenvalue weighted by atomic mass is 16.4.